The monoisotopic (exact) mass is 668 g/mol. The molecule has 2 aliphatic rings. The van der Waals surface area contributed by atoms with Gasteiger partial charge in [0.2, 0.25) is 5.79 Å². The molecule has 1 amide bonds. The molecule has 0 aliphatic carbocycles. The first-order valence-corrected chi connectivity index (χ1v) is 15.9. The van der Waals surface area contributed by atoms with Gasteiger partial charge in [0.05, 0.1) is 6.61 Å². The summed E-state index contributed by atoms with van der Waals surface area (Å²) in [5.74, 6) is -1.83. The van der Waals surface area contributed by atoms with Gasteiger partial charge in [0.1, 0.15) is 55.0 Å². The quantitative estimate of drug-likeness (QED) is 0.197. The Morgan fingerprint density at radius 3 is 2.22 bits per heavy atom. The summed E-state index contributed by atoms with van der Waals surface area (Å²) in [6, 6.07) is 27.8. The van der Waals surface area contributed by atoms with Gasteiger partial charge < -0.3 is 28.7 Å². The SMILES string of the molecule is O=C(Nc1ccc(N2CCN(c3ccc(OC[C@@H]4CO[C@@](Cn5cncn5)(c5ccc(F)cc5F)O4)cc3)CC2)cc1)Oc1ccccc1. The van der Waals surface area contributed by atoms with Crippen LogP contribution in [0.15, 0.2) is 110 Å². The molecular weight excluding hydrogens is 634 g/mol. The highest BCUT2D eigenvalue weighted by atomic mass is 19.1. The van der Waals surface area contributed by atoms with Gasteiger partial charge in [-0.25, -0.2) is 23.2 Å². The average molecular weight is 669 g/mol. The van der Waals surface area contributed by atoms with E-state index < -0.39 is 29.6 Å². The summed E-state index contributed by atoms with van der Waals surface area (Å²) in [5.41, 5.74) is 2.90. The van der Waals surface area contributed by atoms with Crippen LogP contribution in [0.3, 0.4) is 0 Å². The molecule has 2 atom stereocenters. The van der Waals surface area contributed by atoms with Crippen LogP contribution >= 0.6 is 0 Å². The molecule has 0 saturated carbocycles. The molecular formula is C36H34F2N6O5. The van der Waals surface area contributed by atoms with Gasteiger partial charge >= 0.3 is 6.09 Å². The van der Waals surface area contributed by atoms with E-state index in [1.54, 1.807) is 12.1 Å². The van der Waals surface area contributed by atoms with E-state index in [2.05, 4.69) is 25.2 Å². The zero-order chi connectivity index (χ0) is 33.6. The van der Waals surface area contributed by atoms with E-state index in [-0.39, 0.29) is 25.3 Å². The molecule has 0 spiro atoms. The second-order valence-corrected chi connectivity index (χ2v) is 11.7. The minimum Gasteiger partial charge on any atom is -0.491 e. The van der Waals surface area contributed by atoms with E-state index in [1.165, 1.54) is 29.5 Å². The van der Waals surface area contributed by atoms with Gasteiger partial charge in [-0.1, -0.05) is 18.2 Å². The molecule has 49 heavy (non-hydrogen) atoms. The second kappa shape index (κ2) is 14.3. The fourth-order valence-electron chi connectivity index (χ4n) is 5.94. The molecule has 2 aliphatic heterocycles. The van der Waals surface area contributed by atoms with E-state index in [4.69, 9.17) is 18.9 Å². The summed E-state index contributed by atoms with van der Waals surface area (Å²) in [7, 11) is 0. The zero-order valence-electron chi connectivity index (χ0n) is 26.5. The predicted molar refractivity (Wildman–Crippen MR) is 178 cm³/mol. The minimum atomic E-state index is -1.51. The Bertz CT molecular complexity index is 1840. The number of carbonyl (C=O) groups is 1. The lowest BCUT2D eigenvalue weighted by atomic mass is 10.0. The van der Waals surface area contributed by atoms with E-state index in [0.717, 1.165) is 43.6 Å². The molecule has 252 valence electrons. The maximum atomic E-state index is 14.9. The number of halogens is 2. The number of anilines is 3. The van der Waals surface area contributed by atoms with Crippen molar-refractivity contribution in [3.8, 4) is 11.5 Å². The molecule has 1 N–H and O–H groups in total. The Labute approximate surface area is 281 Å². The summed E-state index contributed by atoms with van der Waals surface area (Å²) in [6.07, 6.45) is 1.80. The number of para-hydroxylation sites is 1. The van der Waals surface area contributed by atoms with Crippen molar-refractivity contribution in [2.24, 2.45) is 0 Å². The molecule has 0 bridgehead atoms. The third-order valence-electron chi connectivity index (χ3n) is 8.39. The highest BCUT2D eigenvalue weighted by molar-refractivity contribution is 5.86. The van der Waals surface area contributed by atoms with Crippen LogP contribution in [-0.2, 0) is 21.8 Å². The van der Waals surface area contributed by atoms with Gasteiger partial charge in [0.25, 0.3) is 0 Å². The van der Waals surface area contributed by atoms with Crippen molar-refractivity contribution in [2.45, 2.75) is 18.4 Å². The van der Waals surface area contributed by atoms with Crippen LogP contribution in [-0.4, -0.2) is 66.4 Å². The van der Waals surface area contributed by atoms with Crippen LogP contribution in [0.25, 0.3) is 0 Å². The fraction of sp³-hybridized carbons (Fsp3) is 0.250. The third-order valence-corrected chi connectivity index (χ3v) is 8.39. The molecule has 7 rings (SSSR count). The lowest BCUT2D eigenvalue weighted by molar-refractivity contribution is -0.192. The van der Waals surface area contributed by atoms with E-state index in [9.17, 15) is 13.6 Å². The number of hydrogen-bond acceptors (Lipinski definition) is 9. The van der Waals surface area contributed by atoms with Crippen LogP contribution in [0, 0.1) is 11.6 Å². The van der Waals surface area contributed by atoms with E-state index >= 15 is 0 Å². The molecule has 0 unspecified atom stereocenters. The van der Waals surface area contributed by atoms with Crippen molar-refractivity contribution >= 4 is 23.2 Å². The topological polar surface area (TPSA) is 103 Å². The Morgan fingerprint density at radius 2 is 1.57 bits per heavy atom. The lowest BCUT2D eigenvalue weighted by Crippen LogP contribution is -2.46. The van der Waals surface area contributed by atoms with Crippen molar-refractivity contribution in [2.75, 3.05) is 54.5 Å². The number of aromatic nitrogens is 3. The predicted octanol–water partition coefficient (Wildman–Crippen LogP) is 5.84. The summed E-state index contributed by atoms with van der Waals surface area (Å²) < 4.78 is 53.6. The number of hydrogen-bond donors (Lipinski definition) is 1. The van der Waals surface area contributed by atoms with Gasteiger partial charge in [-0.2, -0.15) is 5.10 Å². The van der Waals surface area contributed by atoms with E-state index in [0.29, 0.717) is 17.2 Å². The number of rotatable bonds is 10. The average Bonchev–Trinajstić information content (AvgIpc) is 3.79. The molecule has 13 heteroatoms. The van der Waals surface area contributed by atoms with Gasteiger partial charge in [-0.3, -0.25) is 5.32 Å². The third kappa shape index (κ3) is 7.63. The Balaban J connectivity index is 0.893. The zero-order valence-corrected chi connectivity index (χ0v) is 26.5. The first-order chi connectivity index (χ1) is 23.9. The van der Waals surface area contributed by atoms with Gasteiger partial charge in [0.15, 0.2) is 0 Å². The van der Waals surface area contributed by atoms with Crippen LogP contribution in [0.1, 0.15) is 5.56 Å². The standard InChI is InChI=1S/C36H34F2N6O5/c37-26-6-15-33(34(38)20-26)36(23-44-25-39-24-40-44)47-22-32(49-36)21-46-30-13-11-29(12-14-30)43-18-16-42(17-19-43)28-9-7-27(8-10-28)41-35(45)48-31-4-2-1-3-5-31/h1-15,20,24-25,32H,16-19,21-23H2,(H,41,45)/t32-,36-/m1/s1. The van der Waals surface area contributed by atoms with Crippen LogP contribution < -0.4 is 24.6 Å². The number of nitrogens with zero attached hydrogens (tertiary/aromatic N) is 5. The van der Waals surface area contributed by atoms with E-state index in [1.807, 2.05) is 66.7 Å². The summed E-state index contributed by atoms with van der Waals surface area (Å²) in [5, 5.41) is 6.86. The molecule has 1 aromatic heterocycles. The number of carbonyl (C=O) groups excluding carboxylic acids is 1. The highest BCUT2D eigenvalue weighted by Gasteiger charge is 2.46. The van der Waals surface area contributed by atoms with Crippen molar-refractivity contribution in [3.05, 3.63) is 127 Å². The number of nitrogens with one attached hydrogen (secondary N) is 1. The molecule has 3 heterocycles. The first kappa shape index (κ1) is 32.0. The fourth-order valence-corrected chi connectivity index (χ4v) is 5.94. The maximum absolute atomic E-state index is 14.9. The summed E-state index contributed by atoms with van der Waals surface area (Å²) in [6.45, 7) is 3.70. The number of ether oxygens (including phenoxy) is 4. The molecule has 11 nitrogen and oxygen atoms in total. The lowest BCUT2D eigenvalue weighted by Gasteiger charge is -2.37. The molecule has 2 saturated heterocycles. The Kier molecular flexibility index (Phi) is 9.35. The van der Waals surface area contributed by atoms with Crippen LogP contribution in [0.4, 0.5) is 30.6 Å². The molecule has 0 radical (unpaired) electrons. The molecule has 2 fully saturated rings. The minimum absolute atomic E-state index is 0.0299. The van der Waals surface area contributed by atoms with Crippen LogP contribution in [0.5, 0.6) is 11.5 Å². The first-order valence-electron chi connectivity index (χ1n) is 15.9. The van der Waals surface area contributed by atoms with Crippen molar-refractivity contribution in [1.82, 2.24) is 14.8 Å². The maximum Gasteiger partial charge on any atom is 0.417 e. The van der Waals surface area contributed by atoms with Gasteiger partial charge in [-0.05, 0) is 72.8 Å². The van der Waals surface area contributed by atoms with Crippen molar-refractivity contribution in [3.63, 3.8) is 0 Å². The Morgan fingerprint density at radius 1 is 0.878 bits per heavy atom. The van der Waals surface area contributed by atoms with Crippen molar-refractivity contribution in [1.29, 1.82) is 0 Å². The molecule has 5 aromatic rings. The number of benzene rings is 4. The summed E-state index contributed by atoms with van der Waals surface area (Å²) in [4.78, 5) is 20.8. The normalized spacial score (nSPS) is 19.1. The smallest absolute Gasteiger partial charge is 0.417 e. The van der Waals surface area contributed by atoms with Crippen molar-refractivity contribution < 1.29 is 32.5 Å². The molecule has 4 aromatic carbocycles. The summed E-state index contributed by atoms with van der Waals surface area (Å²) >= 11 is 0. The van der Waals surface area contributed by atoms with Gasteiger partial charge in [-0.15, -0.1) is 0 Å². The second-order valence-electron chi connectivity index (χ2n) is 11.7. The number of piperazine rings is 1. The highest BCUT2D eigenvalue weighted by Crippen LogP contribution is 2.38. The largest absolute Gasteiger partial charge is 0.491 e. The number of amides is 1. The Hall–Kier alpha value is -5.53. The van der Waals surface area contributed by atoms with Crippen LogP contribution in [0.2, 0.25) is 0 Å². The van der Waals surface area contributed by atoms with Gasteiger partial charge in [0, 0.05) is 54.9 Å².